The molecule has 0 heterocycles. The molecule has 0 aliphatic rings. The zero-order chi connectivity index (χ0) is 14.8. The number of rotatable bonds is 12. The lowest BCUT2D eigenvalue weighted by molar-refractivity contribution is -0.131. The van der Waals surface area contributed by atoms with Gasteiger partial charge in [-0.25, -0.2) is 4.79 Å². The minimum Gasteiger partial charge on any atom is -0.478 e. The van der Waals surface area contributed by atoms with Crippen LogP contribution in [0.3, 0.4) is 0 Å². The van der Waals surface area contributed by atoms with Crippen LogP contribution in [0.25, 0.3) is 0 Å². The van der Waals surface area contributed by atoms with Crippen molar-refractivity contribution in [2.75, 3.05) is 6.61 Å². The van der Waals surface area contributed by atoms with Crippen molar-refractivity contribution in [2.45, 2.75) is 77.6 Å². The SMILES string of the molecule is C=CC(=O)O.CCCCCCCCCCCCCO.F. The smallest absolute Gasteiger partial charge is 0.327 e. The first kappa shape index (κ1) is 24.1. The van der Waals surface area contributed by atoms with Crippen LogP contribution in [0.15, 0.2) is 12.7 Å². The standard InChI is InChI=1S/C13H28O.C3H4O2.FH/c1-2-3-4-5-6-7-8-9-10-11-12-13-14;1-2-3(4)5;/h14H,2-13H2,1H3;2H,1H2,(H,4,5);1H. The first-order valence-corrected chi connectivity index (χ1v) is 7.65. The number of aliphatic carboxylic acids is 1. The molecule has 0 unspecified atom stereocenters. The molecule has 2 N–H and O–H groups in total. The van der Waals surface area contributed by atoms with Crippen LogP contribution < -0.4 is 0 Å². The van der Waals surface area contributed by atoms with Gasteiger partial charge in [0.05, 0.1) is 0 Å². The molecule has 0 saturated heterocycles. The van der Waals surface area contributed by atoms with Gasteiger partial charge >= 0.3 is 5.97 Å². The van der Waals surface area contributed by atoms with E-state index >= 15 is 0 Å². The molecule has 0 radical (unpaired) electrons. The topological polar surface area (TPSA) is 57.5 Å². The van der Waals surface area contributed by atoms with Gasteiger partial charge in [-0.1, -0.05) is 77.7 Å². The van der Waals surface area contributed by atoms with Gasteiger partial charge in [-0.15, -0.1) is 0 Å². The number of carboxylic acids is 1. The van der Waals surface area contributed by atoms with Crippen molar-refractivity contribution in [3.05, 3.63) is 12.7 Å². The summed E-state index contributed by atoms with van der Waals surface area (Å²) in [5.74, 6) is -0.981. The molecule has 0 aromatic carbocycles. The Balaban J connectivity index is -0.000000414. The third-order valence-corrected chi connectivity index (χ3v) is 2.94. The van der Waals surface area contributed by atoms with E-state index in [0.717, 1.165) is 12.5 Å². The summed E-state index contributed by atoms with van der Waals surface area (Å²) in [6.45, 7) is 5.60. The van der Waals surface area contributed by atoms with E-state index in [2.05, 4.69) is 13.5 Å². The van der Waals surface area contributed by atoms with Gasteiger partial charge in [0.1, 0.15) is 0 Å². The molecule has 0 aliphatic heterocycles. The van der Waals surface area contributed by atoms with Crippen LogP contribution in [0.4, 0.5) is 4.70 Å². The fourth-order valence-corrected chi connectivity index (χ4v) is 1.78. The Kier molecular flexibility index (Phi) is 28.0. The molecule has 0 fully saturated rings. The summed E-state index contributed by atoms with van der Waals surface area (Å²) < 4.78 is 0. The van der Waals surface area contributed by atoms with Gasteiger partial charge in [0.2, 0.25) is 0 Å². The van der Waals surface area contributed by atoms with Crippen LogP contribution in [0.1, 0.15) is 77.6 Å². The summed E-state index contributed by atoms with van der Waals surface area (Å²) in [6.07, 6.45) is 15.6. The van der Waals surface area contributed by atoms with E-state index in [9.17, 15) is 4.79 Å². The second-order valence-corrected chi connectivity index (χ2v) is 4.80. The average molecular weight is 292 g/mol. The van der Waals surface area contributed by atoms with Crippen LogP contribution in [0.2, 0.25) is 0 Å². The zero-order valence-corrected chi connectivity index (χ0v) is 13.0. The van der Waals surface area contributed by atoms with Gasteiger partial charge < -0.3 is 10.2 Å². The first-order valence-electron chi connectivity index (χ1n) is 7.65. The lowest BCUT2D eigenvalue weighted by Gasteiger charge is -2.01. The molecule has 0 rings (SSSR count). The van der Waals surface area contributed by atoms with Crippen molar-refractivity contribution >= 4 is 5.97 Å². The quantitative estimate of drug-likeness (QED) is 0.405. The highest BCUT2D eigenvalue weighted by molar-refractivity contribution is 5.78. The molecule has 0 aromatic heterocycles. The third-order valence-electron chi connectivity index (χ3n) is 2.94. The summed E-state index contributed by atoms with van der Waals surface area (Å²) in [4.78, 5) is 9.25. The van der Waals surface area contributed by atoms with Crippen molar-refractivity contribution in [3.63, 3.8) is 0 Å². The molecular formula is C16H33FO3. The predicted molar refractivity (Wildman–Crippen MR) is 83.9 cm³/mol. The lowest BCUT2D eigenvalue weighted by Crippen LogP contribution is -1.84. The number of halogens is 1. The van der Waals surface area contributed by atoms with Crippen LogP contribution >= 0.6 is 0 Å². The van der Waals surface area contributed by atoms with Gasteiger partial charge in [-0.3, -0.25) is 4.70 Å². The van der Waals surface area contributed by atoms with Gasteiger partial charge in [-0.2, -0.15) is 0 Å². The maximum Gasteiger partial charge on any atom is 0.327 e. The van der Waals surface area contributed by atoms with E-state index in [1.807, 2.05) is 0 Å². The molecule has 0 saturated carbocycles. The van der Waals surface area contributed by atoms with Gasteiger partial charge in [0, 0.05) is 12.7 Å². The van der Waals surface area contributed by atoms with Gasteiger partial charge in [0.25, 0.3) is 0 Å². The van der Waals surface area contributed by atoms with Crippen LogP contribution in [0, 0.1) is 0 Å². The molecule has 4 heteroatoms. The largest absolute Gasteiger partial charge is 0.478 e. The van der Waals surface area contributed by atoms with Gasteiger partial charge in [-0.05, 0) is 6.42 Å². The maximum absolute atomic E-state index is 9.25. The van der Waals surface area contributed by atoms with E-state index in [-0.39, 0.29) is 4.70 Å². The Morgan fingerprint density at radius 3 is 1.45 bits per heavy atom. The van der Waals surface area contributed by atoms with E-state index in [0.29, 0.717) is 6.61 Å². The number of carboxylic acid groups (broad SMARTS) is 1. The fraction of sp³-hybridized carbons (Fsp3) is 0.812. The molecule has 122 valence electrons. The molecular weight excluding hydrogens is 259 g/mol. The lowest BCUT2D eigenvalue weighted by atomic mass is 10.1. The minimum atomic E-state index is -0.981. The van der Waals surface area contributed by atoms with E-state index in [4.69, 9.17) is 10.2 Å². The van der Waals surface area contributed by atoms with Crippen molar-refractivity contribution in [1.82, 2.24) is 0 Å². The number of unbranched alkanes of at least 4 members (excludes halogenated alkanes) is 10. The Bertz CT molecular complexity index is 184. The Hall–Kier alpha value is -0.900. The normalized spacial score (nSPS) is 9.10. The van der Waals surface area contributed by atoms with E-state index in [1.165, 1.54) is 64.2 Å². The van der Waals surface area contributed by atoms with Crippen LogP contribution in [-0.2, 0) is 4.79 Å². The zero-order valence-electron chi connectivity index (χ0n) is 13.0. The number of aliphatic hydroxyl groups is 1. The third kappa shape index (κ3) is 30.3. The monoisotopic (exact) mass is 292 g/mol. The summed E-state index contributed by atoms with van der Waals surface area (Å²) in [5, 5.41) is 16.2. The molecule has 0 bridgehead atoms. The van der Waals surface area contributed by atoms with Crippen molar-refractivity contribution in [2.24, 2.45) is 0 Å². The molecule has 20 heavy (non-hydrogen) atoms. The summed E-state index contributed by atoms with van der Waals surface area (Å²) >= 11 is 0. The number of carbonyl (C=O) groups is 1. The second-order valence-electron chi connectivity index (χ2n) is 4.80. The number of hydrogen-bond acceptors (Lipinski definition) is 2. The summed E-state index contributed by atoms with van der Waals surface area (Å²) in [5.41, 5.74) is 0. The van der Waals surface area contributed by atoms with E-state index < -0.39 is 5.97 Å². The van der Waals surface area contributed by atoms with Gasteiger partial charge in [0.15, 0.2) is 0 Å². The molecule has 0 aromatic rings. The van der Waals surface area contributed by atoms with E-state index in [1.54, 1.807) is 0 Å². The second kappa shape index (κ2) is 23.2. The fourth-order valence-electron chi connectivity index (χ4n) is 1.78. The first-order chi connectivity index (χ1) is 9.18. The predicted octanol–water partition coefficient (Wildman–Crippen LogP) is 4.70. The molecule has 0 aliphatic carbocycles. The highest BCUT2D eigenvalue weighted by atomic mass is 19.0. The average Bonchev–Trinajstić information content (AvgIpc) is 2.41. The molecule has 0 spiro atoms. The maximum atomic E-state index is 9.25. The highest BCUT2D eigenvalue weighted by Crippen LogP contribution is 2.10. The van der Waals surface area contributed by atoms with Crippen molar-refractivity contribution in [3.8, 4) is 0 Å². The van der Waals surface area contributed by atoms with Crippen LogP contribution in [-0.4, -0.2) is 22.8 Å². The van der Waals surface area contributed by atoms with Crippen molar-refractivity contribution in [1.29, 1.82) is 0 Å². The number of hydrogen-bond donors (Lipinski definition) is 2. The molecule has 3 nitrogen and oxygen atoms in total. The number of aliphatic hydroxyl groups excluding tert-OH is 1. The highest BCUT2D eigenvalue weighted by Gasteiger charge is 1.91. The van der Waals surface area contributed by atoms with Crippen LogP contribution in [0.5, 0.6) is 0 Å². The molecule has 0 amide bonds. The summed E-state index contributed by atoms with van der Waals surface area (Å²) in [7, 11) is 0. The Labute approximate surface area is 123 Å². The minimum absolute atomic E-state index is 0. The Morgan fingerprint density at radius 1 is 0.900 bits per heavy atom. The molecule has 0 atom stereocenters. The van der Waals surface area contributed by atoms with Crippen molar-refractivity contribution < 1.29 is 19.7 Å². The Morgan fingerprint density at radius 2 is 1.20 bits per heavy atom. The summed E-state index contributed by atoms with van der Waals surface area (Å²) in [6, 6.07) is 0.